The van der Waals surface area contributed by atoms with Gasteiger partial charge in [-0.2, -0.15) is 5.26 Å². The van der Waals surface area contributed by atoms with E-state index in [2.05, 4.69) is 28.9 Å². The molecule has 0 saturated heterocycles. The molecule has 1 fully saturated rings. The highest BCUT2D eigenvalue weighted by molar-refractivity contribution is 7.12. The smallest absolute Gasteiger partial charge is 0.0771 e. The summed E-state index contributed by atoms with van der Waals surface area (Å²) in [5.74, 6) is 6.01. The summed E-state index contributed by atoms with van der Waals surface area (Å²) in [6, 6.07) is 7.06. The Balaban J connectivity index is 1.91. The largest absolute Gasteiger partial charge is 0.395 e. The van der Waals surface area contributed by atoms with E-state index < -0.39 is 0 Å². The third-order valence-electron chi connectivity index (χ3n) is 3.04. The van der Waals surface area contributed by atoms with Crippen LogP contribution in [0.3, 0.4) is 0 Å². The van der Waals surface area contributed by atoms with Crippen LogP contribution in [0.15, 0.2) is 12.1 Å². The van der Waals surface area contributed by atoms with Crippen molar-refractivity contribution in [3.8, 4) is 17.9 Å². The SMILES string of the molecule is N#CCCN(Cc1ccc(C#CCCO)s1)C1CC1. The molecule has 3 nitrogen and oxygen atoms in total. The molecule has 0 aliphatic heterocycles. The minimum absolute atomic E-state index is 0.120. The molecule has 1 N–H and O–H groups in total. The van der Waals surface area contributed by atoms with Crippen LogP contribution in [0.4, 0.5) is 0 Å². The first kappa shape index (κ1) is 14.1. The first-order valence-corrected chi connectivity index (χ1v) is 7.44. The summed E-state index contributed by atoms with van der Waals surface area (Å²) in [5, 5.41) is 17.4. The molecule has 0 atom stereocenters. The normalized spacial score (nSPS) is 13.9. The lowest BCUT2D eigenvalue weighted by atomic mass is 10.3. The van der Waals surface area contributed by atoms with Gasteiger partial charge >= 0.3 is 0 Å². The van der Waals surface area contributed by atoms with Crippen LogP contribution < -0.4 is 0 Å². The van der Waals surface area contributed by atoms with Crippen LogP contribution in [0, 0.1) is 23.2 Å². The molecule has 2 rings (SSSR count). The topological polar surface area (TPSA) is 47.3 Å². The molecule has 0 bridgehead atoms. The van der Waals surface area contributed by atoms with E-state index in [-0.39, 0.29) is 6.61 Å². The molecule has 0 amide bonds. The molecule has 1 aliphatic carbocycles. The minimum Gasteiger partial charge on any atom is -0.395 e. The molecule has 1 aromatic rings. The average molecular weight is 274 g/mol. The zero-order valence-electron chi connectivity index (χ0n) is 10.9. The standard InChI is InChI=1S/C15H18N2OS/c16-9-3-10-17(13-5-6-13)12-15-8-7-14(19-15)4-1-2-11-18/h7-8,13,18H,2-3,5-6,10-12H2. The molecule has 0 spiro atoms. The van der Waals surface area contributed by atoms with Gasteiger partial charge in [0.15, 0.2) is 0 Å². The lowest BCUT2D eigenvalue weighted by molar-refractivity contribution is 0.263. The van der Waals surface area contributed by atoms with Gasteiger partial charge in [0.2, 0.25) is 0 Å². The van der Waals surface area contributed by atoms with E-state index in [4.69, 9.17) is 10.4 Å². The highest BCUT2D eigenvalue weighted by atomic mass is 32.1. The van der Waals surface area contributed by atoms with Gasteiger partial charge in [0.25, 0.3) is 0 Å². The second kappa shape index (κ2) is 7.31. The lowest BCUT2D eigenvalue weighted by Crippen LogP contribution is -2.26. The predicted octanol–water partition coefficient (Wildman–Crippen LogP) is 2.36. The van der Waals surface area contributed by atoms with Gasteiger partial charge in [-0.25, -0.2) is 0 Å². The quantitative estimate of drug-likeness (QED) is 0.810. The Hall–Kier alpha value is -1.33. The second-order valence-corrected chi connectivity index (χ2v) is 5.82. The Morgan fingerprint density at radius 3 is 2.89 bits per heavy atom. The maximum atomic E-state index is 8.70. The molecule has 19 heavy (non-hydrogen) atoms. The fraction of sp³-hybridized carbons (Fsp3) is 0.533. The summed E-state index contributed by atoms with van der Waals surface area (Å²) < 4.78 is 0. The number of thiophene rings is 1. The van der Waals surface area contributed by atoms with E-state index in [1.807, 2.05) is 6.07 Å². The monoisotopic (exact) mass is 274 g/mol. The van der Waals surface area contributed by atoms with Gasteiger partial charge in [0.1, 0.15) is 0 Å². The van der Waals surface area contributed by atoms with Crippen LogP contribution in [0.1, 0.15) is 35.4 Å². The molecule has 4 heteroatoms. The van der Waals surface area contributed by atoms with Crippen LogP contribution in [0.5, 0.6) is 0 Å². The number of nitrogens with zero attached hydrogens (tertiary/aromatic N) is 2. The molecule has 1 aliphatic rings. The number of aliphatic hydroxyl groups excluding tert-OH is 1. The number of rotatable bonds is 6. The Morgan fingerprint density at radius 2 is 2.21 bits per heavy atom. The summed E-state index contributed by atoms with van der Waals surface area (Å²) in [6.45, 7) is 1.91. The number of aliphatic hydroxyl groups is 1. The van der Waals surface area contributed by atoms with Crippen molar-refractivity contribution in [1.29, 1.82) is 5.26 Å². The molecule has 0 aromatic carbocycles. The number of hydrogen-bond acceptors (Lipinski definition) is 4. The molecule has 0 radical (unpaired) electrons. The summed E-state index contributed by atoms with van der Waals surface area (Å²) in [7, 11) is 0. The van der Waals surface area contributed by atoms with Gasteiger partial charge in [0.05, 0.1) is 17.6 Å². The van der Waals surface area contributed by atoms with E-state index in [0.29, 0.717) is 18.9 Å². The highest BCUT2D eigenvalue weighted by Gasteiger charge is 2.28. The van der Waals surface area contributed by atoms with Gasteiger partial charge in [-0.05, 0) is 25.0 Å². The molecular formula is C15H18N2OS. The van der Waals surface area contributed by atoms with Crippen molar-refractivity contribution in [1.82, 2.24) is 4.90 Å². The van der Waals surface area contributed by atoms with Crippen molar-refractivity contribution in [2.24, 2.45) is 0 Å². The van der Waals surface area contributed by atoms with Gasteiger partial charge in [-0.3, -0.25) is 4.90 Å². The van der Waals surface area contributed by atoms with Crippen molar-refractivity contribution < 1.29 is 5.11 Å². The van der Waals surface area contributed by atoms with Gasteiger partial charge in [-0.1, -0.05) is 11.8 Å². The van der Waals surface area contributed by atoms with Crippen molar-refractivity contribution in [3.05, 3.63) is 21.9 Å². The summed E-state index contributed by atoms with van der Waals surface area (Å²) >= 11 is 1.71. The lowest BCUT2D eigenvalue weighted by Gasteiger charge is -2.19. The fourth-order valence-corrected chi connectivity index (χ4v) is 2.87. The molecule has 100 valence electrons. The third-order valence-corrected chi connectivity index (χ3v) is 4.03. The second-order valence-electron chi connectivity index (χ2n) is 4.65. The minimum atomic E-state index is 0.120. The first-order chi connectivity index (χ1) is 9.33. The molecule has 0 unspecified atom stereocenters. The number of hydrogen-bond donors (Lipinski definition) is 1. The van der Waals surface area contributed by atoms with Crippen molar-refractivity contribution in [3.63, 3.8) is 0 Å². The van der Waals surface area contributed by atoms with Crippen LogP contribution >= 0.6 is 11.3 Å². The maximum Gasteiger partial charge on any atom is 0.0771 e. The van der Waals surface area contributed by atoms with Gasteiger partial charge in [-0.15, -0.1) is 11.3 Å². The zero-order valence-corrected chi connectivity index (χ0v) is 11.7. The molecular weight excluding hydrogens is 256 g/mol. The first-order valence-electron chi connectivity index (χ1n) is 6.63. The predicted molar refractivity (Wildman–Crippen MR) is 76.6 cm³/mol. The molecule has 1 aromatic heterocycles. The third kappa shape index (κ3) is 4.69. The average Bonchev–Trinajstić information content (AvgIpc) is 3.17. The Bertz CT molecular complexity index is 502. The zero-order chi connectivity index (χ0) is 13.5. The fourth-order valence-electron chi connectivity index (χ4n) is 1.96. The van der Waals surface area contributed by atoms with Gasteiger partial charge in [0, 0.05) is 36.9 Å². The van der Waals surface area contributed by atoms with Crippen LogP contribution in [-0.2, 0) is 6.54 Å². The Morgan fingerprint density at radius 1 is 1.37 bits per heavy atom. The van der Waals surface area contributed by atoms with Crippen LogP contribution in [0.2, 0.25) is 0 Å². The van der Waals surface area contributed by atoms with E-state index in [1.54, 1.807) is 11.3 Å². The van der Waals surface area contributed by atoms with Crippen molar-refractivity contribution in [2.45, 2.75) is 38.3 Å². The van der Waals surface area contributed by atoms with E-state index in [1.165, 1.54) is 17.7 Å². The summed E-state index contributed by atoms with van der Waals surface area (Å²) in [5.41, 5.74) is 0. The van der Waals surface area contributed by atoms with E-state index in [9.17, 15) is 0 Å². The maximum absolute atomic E-state index is 8.70. The van der Waals surface area contributed by atoms with Crippen molar-refractivity contribution in [2.75, 3.05) is 13.2 Å². The summed E-state index contributed by atoms with van der Waals surface area (Å²) in [4.78, 5) is 4.76. The van der Waals surface area contributed by atoms with E-state index >= 15 is 0 Å². The van der Waals surface area contributed by atoms with E-state index in [0.717, 1.165) is 18.0 Å². The highest BCUT2D eigenvalue weighted by Crippen LogP contribution is 2.29. The van der Waals surface area contributed by atoms with Gasteiger partial charge < -0.3 is 5.11 Å². The van der Waals surface area contributed by atoms with Crippen molar-refractivity contribution >= 4 is 11.3 Å². The van der Waals surface area contributed by atoms with Crippen LogP contribution in [0.25, 0.3) is 0 Å². The summed E-state index contributed by atoms with van der Waals surface area (Å²) in [6.07, 6.45) is 3.66. The molecule has 1 saturated carbocycles. The Labute approximate surface area is 118 Å². The Kier molecular flexibility index (Phi) is 5.42. The number of nitriles is 1. The molecule has 1 heterocycles. The van der Waals surface area contributed by atoms with Crippen LogP contribution in [-0.4, -0.2) is 29.2 Å².